The normalized spacial score (nSPS) is 11.2. The number of hydrogen-bond donors (Lipinski definition) is 0. The Hall–Kier alpha value is -2.56. The summed E-state index contributed by atoms with van der Waals surface area (Å²) in [4.78, 5) is 25.5. The van der Waals surface area contributed by atoms with Crippen molar-refractivity contribution in [2.45, 2.75) is 26.8 Å². The molecule has 0 saturated heterocycles. The van der Waals surface area contributed by atoms with Crippen molar-refractivity contribution < 1.29 is 0 Å². The van der Waals surface area contributed by atoms with Gasteiger partial charge in [0.2, 0.25) is 0 Å². The average Bonchev–Trinajstić information content (AvgIpc) is 2.47. The minimum absolute atomic E-state index is 0.00675. The lowest BCUT2D eigenvalue weighted by Crippen LogP contribution is -2.26. The second kappa shape index (κ2) is 5.09. The third-order valence-corrected chi connectivity index (χ3v) is 3.37. The first-order valence-electron chi connectivity index (χ1n) is 6.88. The van der Waals surface area contributed by atoms with Gasteiger partial charge in [0.15, 0.2) is 11.2 Å². The summed E-state index contributed by atoms with van der Waals surface area (Å²) in [6.07, 6.45) is 3.06. The zero-order valence-electron chi connectivity index (χ0n) is 12.2. The van der Waals surface area contributed by atoms with E-state index in [1.165, 1.54) is 6.20 Å². The molecule has 0 fully saturated rings. The van der Waals surface area contributed by atoms with Gasteiger partial charge in [0.05, 0.1) is 0 Å². The molecule has 0 aliphatic heterocycles. The van der Waals surface area contributed by atoms with E-state index in [0.29, 0.717) is 17.0 Å². The molecule has 2 heterocycles. The lowest BCUT2D eigenvalue weighted by Gasteiger charge is -2.16. The molecule has 0 saturated carbocycles. The zero-order chi connectivity index (χ0) is 15.0. The highest BCUT2D eigenvalue weighted by Crippen LogP contribution is 2.20. The van der Waals surface area contributed by atoms with Crippen LogP contribution in [0.15, 0.2) is 41.5 Å². The third-order valence-electron chi connectivity index (χ3n) is 3.37. The van der Waals surface area contributed by atoms with Crippen LogP contribution in [-0.4, -0.2) is 19.5 Å². The van der Waals surface area contributed by atoms with Gasteiger partial charge in [-0.3, -0.25) is 9.36 Å². The first kappa shape index (κ1) is 13.4. The van der Waals surface area contributed by atoms with Gasteiger partial charge in [-0.15, -0.1) is 0 Å². The maximum absolute atomic E-state index is 12.7. The maximum atomic E-state index is 12.7. The van der Waals surface area contributed by atoms with Gasteiger partial charge in [0.25, 0.3) is 5.56 Å². The summed E-state index contributed by atoms with van der Waals surface area (Å²) in [5, 5.41) is 0. The smallest absolute Gasteiger partial charge is 0.282 e. The molecule has 3 aromatic rings. The highest BCUT2D eigenvalue weighted by Gasteiger charge is 2.16. The SMILES string of the molecule is Cc1ccc(-c2nc3nccnc3c(=O)n2C(C)C)cc1. The Bertz CT molecular complexity index is 850. The number of hydrogen-bond acceptors (Lipinski definition) is 4. The summed E-state index contributed by atoms with van der Waals surface area (Å²) in [6, 6.07) is 7.95. The second-order valence-electron chi connectivity index (χ2n) is 5.30. The van der Waals surface area contributed by atoms with Gasteiger partial charge in [-0.25, -0.2) is 15.0 Å². The molecule has 0 amide bonds. The lowest BCUT2D eigenvalue weighted by atomic mass is 10.1. The summed E-state index contributed by atoms with van der Waals surface area (Å²) < 4.78 is 1.67. The van der Waals surface area contributed by atoms with E-state index in [0.717, 1.165) is 11.1 Å². The fourth-order valence-electron chi connectivity index (χ4n) is 2.31. The monoisotopic (exact) mass is 280 g/mol. The van der Waals surface area contributed by atoms with Crippen molar-refractivity contribution in [1.29, 1.82) is 0 Å². The number of rotatable bonds is 2. The largest absolute Gasteiger partial charge is 0.288 e. The van der Waals surface area contributed by atoms with Gasteiger partial charge in [-0.2, -0.15) is 0 Å². The molecule has 0 radical (unpaired) electrons. The summed E-state index contributed by atoms with van der Waals surface area (Å²) in [6.45, 7) is 5.95. The van der Waals surface area contributed by atoms with Crippen LogP contribution in [0.5, 0.6) is 0 Å². The first-order valence-corrected chi connectivity index (χ1v) is 6.88. The first-order chi connectivity index (χ1) is 10.1. The highest BCUT2D eigenvalue weighted by molar-refractivity contribution is 5.71. The van der Waals surface area contributed by atoms with Crippen molar-refractivity contribution in [3.8, 4) is 11.4 Å². The number of nitrogens with zero attached hydrogens (tertiary/aromatic N) is 4. The van der Waals surface area contributed by atoms with Crippen molar-refractivity contribution >= 4 is 11.2 Å². The Balaban J connectivity index is 2.38. The van der Waals surface area contributed by atoms with Gasteiger partial charge < -0.3 is 0 Å². The molecule has 106 valence electrons. The van der Waals surface area contributed by atoms with Crippen LogP contribution in [0, 0.1) is 6.92 Å². The minimum atomic E-state index is -0.154. The van der Waals surface area contributed by atoms with E-state index in [9.17, 15) is 4.79 Å². The highest BCUT2D eigenvalue weighted by atomic mass is 16.1. The fourth-order valence-corrected chi connectivity index (χ4v) is 2.31. The van der Waals surface area contributed by atoms with E-state index in [4.69, 9.17) is 0 Å². The Morgan fingerprint density at radius 1 is 1.05 bits per heavy atom. The molecule has 0 bridgehead atoms. The van der Waals surface area contributed by atoms with Crippen LogP contribution in [0.25, 0.3) is 22.6 Å². The van der Waals surface area contributed by atoms with Crippen LogP contribution in [0.2, 0.25) is 0 Å². The van der Waals surface area contributed by atoms with E-state index in [1.54, 1.807) is 10.8 Å². The molecule has 0 atom stereocenters. The molecule has 1 aromatic carbocycles. The fraction of sp³-hybridized carbons (Fsp3) is 0.250. The number of aryl methyl sites for hydroxylation is 1. The van der Waals surface area contributed by atoms with Crippen LogP contribution in [-0.2, 0) is 0 Å². The molecular weight excluding hydrogens is 264 g/mol. The van der Waals surface area contributed by atoms with Gasteiger partial charge in [-0.1, -0.05) is 29.8 Å². The Morgan fingerprint density at radius 2 is 1.71 bits per heavy atom. The van der Waals surface area contributed by atoms with Gasteiger partial charge in [-0.05, 0) is 20.8 Å². The molecule has 0 aliphatic rings. The second-order valence-corrected chi connectivity index (χ2v) is 5.30. The van der Waals surface area contributed by atoms with Crippen molar-refractivity contribution in [2.75, 3.05) is 0 Å². The van der Waals surface area contributed by atoms with E-state index in [2.05, 4.69) is 15.0 Å². The van der Waals surface area contributed by atoms with Gasteiger partial charge in [0, 0.05) is 24.0 Å². The zero-order valence-corrected chi connectivity index (χ0v) is 12.2. The number of benzene rings is 1. The van der Waals surface area contributed by atoms with Crippen molar-refractivity contribution in [3.05, 3.63) is 52.6 Å². The summed E-state index contributed by atoms with van der Waals surface area (Å²) in [5.41, 5.74) is 2.60. The minimum Gasteiger partial charge on any atom is -0.288 e. The Morgan fingerprint density at radius 3 is 2.38 bits per heavy atom. The van der Waals surface area contributed by atoms with Gasteiger partial charge >= 0.3 is 0 Å². The molecule has 0 spiro atoms. The standard InChI is InChI=1S/C16H16N4O/c1-10(2)20-15(12-6-4-11(3)5-7-12)19-14-13(16(20)21)17-8-9-18-14/h4-10H,1-3H3. The Kier molecular flexibility index (Phi) is 3.25. The van der Waals surface area contributed by atoms with Crippen LogP contribution in [0.1, 0.15) is 25.5 Å². The summed E-state index contributed by atoms with van der Waals surface area (Å²) in [7, 11) is 0. The molecule has 5 heteroatoms. The van der Waals surface area contributed by atoms with E-state index in [1.807, 2.05) is 45.0 Å². The third kappa shape index (κ3) is 2.31. The molecule has 0 unspecified atom stereocenters. The van der Waals surface area contributed by atoms with E-state index < -0.39 is 0 Å². The molecule has 21 heavy (non-hydrogen) atoms. The van der Waals surface area contributed by atoms with E-state index >= 15 is 0 Å². The van der Waals surface area contributed by atoms with Crippen LogP contribution in [0.4, 0.5) is 0 Å². The van der Waals surface area contributed by atoms with Crippen molar-refractivity contribution in [2.24, 2.45) is 0 Å². The van der Waals surface area contributed by atoms with Crippen LogP contribution >= 0.6 is 0 Å². The summed E-state index contributed by atoms with van der Waals surface area (Å²) >= 11 is 0. The number of aromatic nitrogens is 4. The maximum Gasteiger partial charge on any atom is 0.282 e. The lowest BCUT2D eigenvalue weighted by molar-refractivity contribution is 0.579. The predicted molar refractivity (Wildman–Crippen MR) is 82.2 cm³/mol. The Labute approximate surface area is 122 Å². The molecule has 0 aliphatic carbocycles. The molecule has 3 rings (SSSR count). The van der Waals surface area contributed by atoms with Gasteiger partial charge in [0.1, 0.15) is 5.82 Å². The topological polar surface area (TPSA) is 60.7 Å². The van der Waals surface area contributed by atoms with Crippen LogP contribution in [0.3, 0.4) is 0 Å². The van der Waals surface area contributed by atoms with Crippen molar-refractivity contribution in [1.82, 2.24) is 19.5 Å². The molecular formula is C16H16N4O. The predicted octanol–water partition coefficient (Wildman–Crippen LogP) is 2.74. The van der Waals surface area contributed by atoms with E-state index in [-0.39, 0.29) is 11.6 Å². The number of fused-ring (bicyclic) bond motifs is 1. The summed E-state index contributed by atoms with van der Waals surface area (Å²) in [5.74, 6) is 0.628. The quantitative estimate of drug-likeness (QED) is 0.724. The molecule has 0 N–H and O–H groups in total. The average molecular weight is 280 g/mol. The van der Waals surface area contributed by atoms with Crippen molar-refractivity contribution in [3.63, 3.8) is 0 Å². The molecule has 5 nitrogen and oxygen atoms in total. The molecule has 2 aromatic heterocycles. The van der Waals surface area contributed by atoms with Crippen LogP contribution < -0.4 is 5.56 Å².